The van der Waals surface area contributed by atoms with Gasteiger partial charge in [-0.05, 0) is 67.1 Å². The van der Waals surface area contributed by atoms with Crippen molar-refractivity contribution >= 4 is 39.0 Å². The van der Waals surface area contributed by atoms with E-state index in [4.69, 9.17) is 11.6 Å². The molecule has 0 aromatic heterocycles. The molecule has 0 aliphatic heterocycles. The van der Waals surface area contributed by atoms with Gasteiger partial charge in [-0.3, -0.25) is 4.79 Å². The number of anilines is 1. The van der Waals surface area contributed by atoms with Crippen LogP contribution in [0.2, 0.25) is 5.02 Å². The fraction of sp³-hybridized carbons (Fsp3) is 0.125. The number of sulfone groups is 1. The van der Waals surface area contributed by atoms with Crippen molar-refractivity contribution in [3.8, 4) is 0 Å². The van der Waals surface area contributed by atoms with Crippen LogP contribution in [0.5, 0.6) is 0 Å². The minimum atomic E-state index is -4.03. The number of Topliss-reactive ketones (excluding diaryl/α,β-unsaturated/α-hetero) is 1. The average molecular weight is 440 g/mol. The molecule has 0 aliphatic carbocycles. The Labute approximate surface area is 182 Å². The van der Waals surface area contributed by atoms with Crippen molar-refractivity contribution in [1.82, 2.24) is 0 Å². The molecule has 30 heavy (non-hydrogen) atoms. The van der Waals surface area contributed by atoms with E-state index >= 15 is 0 Å². The molecule has 0 heterocycles. The number of ketones is 1. The number of nitrogens with zero attached hydrogens (tertiary/aromatic N) is 1. The average Bonchev–Trinajstić information content (AvgIpc) is 2.72. The van der Waals surface area contributed by atoms with Crippen LogP contribution in [0.1, 0.15) is 21.5 Å². The summed E-state index contributed by atoms with van der Waals surface area (Å²) in [4.78, 5) is 15.0. The van der Waals surface area contributed by atoms with E-state index in [-0.39, 0.29) is 15.4 Å². The molecule has 6 heteroatoms. The number of halogens is 1. The van der Waals surface area contributed by atoms with E-state index in [0.717, 1.165) is 11.3 Å². The SMILES string of the molecule is Cc1ccc(S(=O)(=O)/C(=C/c2ccc(N(C)C)cc2)C(=O)c2ccc(Cl)cc2)cc1. The predicted molar refractivity (Wildman–Crippen MR) is 123 cm³/mol. The molecule has 4 nitrogen and oxygen atoms in total. The first kappa shape index (κ1) is 21.8. The van der Waals surface area contributed by atoms with Crippen molar-refractivity contribution in [1.29, 1.82) is 0 Å². The Morgan fingerprint density at radius 1 is 0.867 bits per heavy atom. The number of aryl methyl sites for hydroxylation is 1. The molecule has 0 spiro atoms. The summed E-state index contributed by atoms with van der Waals surface area (Å²) in [6.45, 7) is 1.87. The lowest BCUT2D eigenvalue weighted by Gasteiger charge is -2.13. The van der Waals surface area contributed by atoms with Gasteiger partial charge in [-0.25, -0.2) is 8.42 Å². The van der Waals surface area contributed by atoms with E-state index in [1.807, 2.05) is 38.1 Å². The summed E-state index contributed by atoms with van der Waals surface area (Å²) in [5, 5.41) is 0.470. The highest BCUT2D eigenvalue weighted by Crippen LogP contribution is 2.26. The van der Waals surface area contributed by atoms with Gasteiger partial charge in [0, 0.05) is 30.4 Å². The van der Waals surface area contributed by atoms with Crippen LogP contribution in [-0.2, 0) is 9.84 Å². The van der Waals surface area contributed by atoms with Gasteiger partial charge in [0.15, 0.2) is 0 Å². The smallest absolute Gasteiger partial charge is 0.210 e. The molecule has 0 saturated carbocycles. The second-order valence-electron chi connectivity index (χ2n) is 7.15. The van der Waals surface area contributed by atoms with Gasteiger partial charge in [-0.15, -0.1) is 0 Å². The van der Waals surface area contributed by atoms with Crippen LogP contribution in [0.3, 0.4) is 0 Å². The molecule has 0 radical (unpaired) electrons. The van der Waals surface area contributed by atoms with Crippen LogP contribution in [0.15, 0.2) is 82.6 Å². The first-order valence-electron chi connectivity index (χ1n) is 9.29. The number of carbonyl (C=O) groups excluding carboxylic acids is 1. The van der Waals surface area contributed by atoms with Crippen LogP contribution in [0.25, 0.3) is 6.08 Å². The zero-order valence-corrected chi connectivity index (χ0v) is 18.5. The molecular weight excluding hydrogens is 418 g/mol. The highest BCUT2D eigenvalue weighted by atomic mass is 35.5. The highest BCUT2D eigenvalue weighted by Gasteiger charge is 2.28. The molecule has 0 aliphatic rings. The molecule has 3 aromatic rings. The second kappa shape index (κ2) is 8.86. The van der Waals surface area contributed by atoms with Gasteiger partial charge >= 0.3 is 0 Å². The maximum absolute atomic E-state index is 13.4. The third-order valence-electron chi connectivity index (χ3n) is 4.66. The topological polar surface area (TPSA) is 54.5 Å². The van der Waals surface area contributed by atoms with E-state index in [9.17, 15) is 13.2 Å². The largest absolute Gasteiger partial charge is 0.378 e. The van der Waals surface area contributed by atoms with Crippen molar-refractivity contribution in [2.75, 3.05) is 19.0 Å². The van der Waals surface area contributed by atoms with Crippen molar-refractivity contribution < 1.29 is 13.2 Å². The van der Waals surface area contributed by atoms with Gasteiger partial charge in [-0.2, -0.15) is 0 Å². The Morgan fingerprint density at radius 3 is 1.97 bits per heavy atom. The van der Waals surface area contributed by atoms with Crippen LogP contribution in [0, 0.1) is 6.92 Å². The first-order valence-corrected chi connectivity index (χ1v) is 11.2. The zero-order chi connectivity index (χ0) is 21.9. The van der Waals surface area contributed by atoms with Crippen molar-refractivity contribution in [2.45, 2.75) is 11.8 Å². The summed E-state index contributed by atoms with van der Waals surface area (Å²) in [6.07, 6.45) is 1.42. The molecule has 154 valence electrons. The number of allylic oxidation sites excluding steroid dienone is 1. The number of carbonyl (C=O) groups is 1. The van der Waals surface area contributed by atoms with E-state index in [1.165, 1.54) is 30.3 Å². The van der Waals surface area contributed by atoms with Crippen molar-refractivity contribution in [3.05, 3.63) is 99.4 Å². The Kier molecular flexibility index (Phi) is 6.44. The Bertz CT molecular complexity index is 1180. The maximum Gasteiger partial charge on any atom is 0.210 e. The summed E-state index contributed by atoms with van der Waals surface area (Å²) in [6, 6.07) is 20.0. The van der Waals surface area contributed by atoms with Gasteiger partial charge in [-0.1, -0.05) is 41.4 Å². The van der Waals surface area contributed by atoms with Crippen LogP contribution in [0.4, 0.5) is 5.69 Å². The lowest BCUT2D eigenvalue weighted by atomic mass is 10.1. The summed E-state index contributed by atoms with van der Waals surface area (Å²) in [7, 11) is -0.194. The molecule has 0 fully saturated rings. The molecule has 0 saturated heterocycles. The Morgan fingerprint density at radius 2 is 1.43 bits per heavy atom. The molecule has 3 aromatic carbocycles. The Balaban J connectivity index is 2.13. The van der Waals surface area contributed by atoms with E-state index < -0.39 is 15.6 Å². The standard InChI is InChI=1S/C24H22ClNO3S/c1-17-4-14-22(15-5-17)30(28,29)23(24(27)19-8-10-20(25)11-9-19)16-18-6-12-21(13-7-18)26(2)3/h4-16H,1-3H3/b23-16+. The normalized spacial score (nSPS) is 11.9. The lowest BCUT2D eigenvalue weighted by Crippen LogP contribution is -2.14. The molecule has 0 amide bonds. The number of rotatable bonds is 6. The third kappa shape index (κ3) is 4.81. The summed E-state index contributed by atoms with van der Waals surface area (Å²) in [5.74, 6) is -0.580. The molecule has 3 rings (SSSR count). The van der Waals surface area contributed by atoms with Crippen LogP contribution < -0.4 is 4.90 Å². The van der Waals surface area contributed by atoms with Crippen molar-refractivity contribution in [3.63, 3.8) is 0 Å². The summed E-state index contributed by atoms with van der Waals surface area (Å²) >= 11 is 5.92. The quantitative estimate of drug-likeness (QED) is 0.380. The first-order chi connectivity index (χ1) is 14.2. The van der Waals surface area contributed by atoms with Crippen LogP contribution >= 0.6 is 11.6 Å². The van der Waals surface area contributed by atoms with E-state index in [1.54, 1.807) is 36.4 Å². The summed E-state index contributed by atoms with van der Waals surface area (Å²) in [5.41, 5.74) is 2.78. The molecule has 0 bridgehead atoms. The second-order valence-corrected chi connectivity index (χ2v) is 9.50. The lowest BCUT2D eigenvalue weighted by molar-refractivity contribution is 0.104. The fourth-order valence-corrected chi connectivity index (χ4v) is 4.40. The zero-order valence-electron chi connectivity index (χ0n) is 17.0. The monoisotopic (exact) mass is 439 g/mol. The van der Waals surface area contributed by atoms with E-state index in [2.05, 4.69) is 0 Å². The third-order valence-corrected chi connectivity index (χ3v) is 6.69. The molecule has 0 N–H and O–H groups in total. The van der Waals surface area contributed by atoms with E-state index in [0.29, 0.717) is 10.6 Å². The predicted octanol–water partition coefficient (Wildman–Crippen LogP) is 5.41. The molecule has 0 atom stereocenters. The van der Waals surface area contributed by atoms with Gasteiger partial charge in [0.2, 0.25) is 15.6 Å². The highest BCUT2D eigenvalue weighted by molar-refractivity contribution is 7.96. The molecular formula is C24H22ClNO3S. The van der Waals surface area contributed by atoms with Gasteiger partial charge < -0.3 is 4.90 Å². The van der Waals surface area contributed by atoms with Gasteiger partial charge in [0.05, 0.1) is 4.90 Å². The summed E-state index contributed by atoms with van der Waals surface area (Å²) < 4.78 is 26.8. The van der Waals surface area contributed by atoms with Crippen LogP contribution in [-0.4, -0.2) is 28.3 Å². The van der Waals surface area contributed by atoms with Gasteiger partial charge in [0.25, 0.3) is 0 Å². The molecule has 0 unspecified atom stereocenters. The maximum atomic E-state index is 13.4. The Hall–Kier alpha value is -2.89. The van der Waals surface area contributed by atoms with Crippen molar-refractivity contribution in [2.24, 2.45) is 0 Å². The number of hydrogen-bond donors (Lipinski definition) is 0. The van der Waals surface area contributed by atoms with Gasteiger partial charge in [0.1, 0.15) is 4.91 Å². The number of hydrogen-bond acceptors (Lipinski definition) is 4. The minimum Gasteiger partial charge on any atom is -0.378 e. The number of benzene rings is 3. The fourth-order valence-electron chi connectivity index (χ4n) is 2.87. The minimum absolute atomic E-state index is 0.0755.